The third-order valence-electron chi connectivity index (χ3n) is 4.71. The summed E-state index contributed by atoms with van der Waals surface area (Å²) >= 11 is 0. The average molecular weight is 334 g/mol. The minimum Gasteiger partial charge on any atom is -0.304 e. The molecular formula is C22H26N2O. The van der Waals surface area contributed by atoms with Gasteiger partial charge in [0.05, 0.1) is 0 Å². The lowest BCUT2D eigenvalue weighted by Gasteiger charge is -2.31. The Hall–Kier alpha value is -2.23. The maximum absolute atomic E-state index is 12.3. The molecule has 0 aliphatic carbocycles. The summed E-state index contributed by atoms with van der Waals surface area (Å²) in [6.45, 7) is 5.54. The van der Waals surface area contributed by atoms with Gasteiger partial charge in [-0.3, -0.25) is 9.69 Å². The first-order valence-corrected chi connectivity index (χ1v) is 8.95. The summed E-state index contributed by atoms with van der Waals surface area (Å²) in [5.74, 6) is 0.166. The Kier molecular flexibility index (Phi) is 6.15. The van der Waals surface area contributed by atoms with E-state index < -0.39 is 0 Å². The number of ketones is 1. The lowest BCUT2D eigenvalue weighted by Crippen LogP contribution is -2.44. The van der Waals surface area contributed by atoms with E-state index in [-0.39, 0.29) is 5.78 Å². The average Bonchev–Trinajstić information content (AvgIpc) is 2.65. The number of hydrogen-bond acceptors (Lipinski definition) is 3. The van der Waals surface area contributed by atoms with Crippen molar-refractivity contribution in [2.75, 3.05) is 39.8 Å². The van der Waals surface area contributed by atoms with E-state index in [1.165, 1.54) is 0 Å². The monoisotopic (exact) mass is 334 g/mol. The molecule has 1 aliphatic rings. The van der Waals surface area contributed by atoms with E-state index in [1.807, 2.05) is 54.6 Å². The number of Topliss-reactive ketones (excluding diaryl/α,β-unsaturated/α-hetero) is 1. The van der Waals surface area contributed by atoms with E-state index in [9.17, 15) is 4.79 Å². The number of benzene rings is 2. The first-order chi connectivity index (χ1) is 12.2. The minimum atomic E-state index is 0.166. The van der Waals surface area contributed by atoms with Crippen LogP contribution in [0.25, 0.3) is 6.08 Å². The first-order valence-electron chi connectivity index (χ1n) is 8.95. The SMILES string of the molecule is CN1CCN(C/C=C/c2ccc(C(=O)Cc3ccccc3)cc2)CC1. The summed E-state index contributed by atoms with van der Waals surface area (Å²) in [4.78, 5) is 17.2. The van der Waals surface area contributed by atoms with Crippen molar-refractivity contribution in [1.82, 2.24) is 9.80 Å². The molecule has 1 aliphatic heterocycles. The maximum Gasteiger partial charge on any atom is 0.167 e. The molecule has 3 rings (SSSR count). The fraction of sp³-hybridized carbons (Fsp3) is 0.318. The van der Waals surface area contributed by atoms with Gasteiger partial charge in [0, 0.05) is 44.7 Å². The van der Waals surface area contributed by atoms with E-state index in [2.05, 4.69) is 29.0 Å². The molecule has 130 valence electrons. The van der Waals surface area contributed by atoms with E-state index in [0.29, 0.717) is 6.42 Å². The predicted octanol–water partition coefficient (Wildman–Crippen LogP) is 3.37. The van der Waals surface area contributed by atoms with E-state index in [0.717, 1.165) is 49.4 Å². The fourth-order valence-corrected chi connectivity index (χ4v) is 3.03. The van der Waals surface area contributed by atoms with Crippen molar-refractivity contribution < 1.29 is 4.79 Å². The highest BCUT2D eigenvalue weighted by atomic mass is 16.1. The number of hydrogen-bond donors (Lipinski definition) is 0. The van der Waals surface area contributed by atoms with Crippen LogP contribution in [-0.4, -0.2) is 55.4 Å². The second kappa shape index (κ2) is 8.75. The Balaban J connectivity index is 1.51. The van der Waals surface area contributed by atoms with Crippen LogP contribution in [0, 0.1) is 0 Å². The van der Waals surface area contributed by atoms with Crippen molar-refractivity contribution in [3.63, 3.8) is 0 Å². The van der Waals surface area contributed by atoms with Gasteiger partial charge in [0.2, 0.25) is 0 Å². The van der Waals surface area contributed by atoms with Crippen LogP contribution < -0.4 is 0 Å². The van der Waals surface area contributed by atoms with Crippen molar-refractivity contribution in [3.05, 3.63) is 77.4 Å². The number of likely N-dealkylation sites (N-methyl/N-ethyl adjacent to an activating group) is 1. The summed E-state index contributed by atoms with van der Waals surface area (Å²) in [7, 11) is 2.17. The smallest absolute Gasteiger partial charge is 0.167 e. The molecule has 1 saturated heterocycles. The number of rotatable bonds is 6. The largest absolute Gasteiger partial charge is 0.304 e. The summed E-state index contributed by atoms with van der Waals surface area (Å²) in [6.07, 6.45) is 4.81. The number of carbonyl (C=O) groups excluding carboxylic acids is 1. The van der Waals surface area contributed by atoms with Crippen molar-refractivity contribution in [2.24, 2.45) is 0 Å². The molecule has 2 aromatic rings. The molecule has 0 atom stereocenters. The number of piperazine rings is 1. The summed E-state index contributed by atoms with van der Waals surface area (Å²) in [5.41, 5.74) is 2.98. The molecular weight excluding hydrogens is 308 g/mol. The Morgan fingerprint density at radius 2 is 1.64 bits per heavy atom. The molecule has 1 fully saturated rings. The molecule has 0 unspecified atom stereocenters. The second-order valence-electron chi connectivity index (χ2n) is 6.71. The molecule has 0 N–H and O–H groups in total. The Bertz CT molecular complexity index is 699. The molecule has 0 bridgehead atoms. The second-order valence-corrected chi connectivity index (χ2v) is 6.71. The lowest BCUT2D eigenvalue weighted by atomic mass is 10.0. The van der Waals surface area contributed by atoms with Gasteiger partial charge in [0.1, 0.15) is 0 Å². The Morgan fingerprint density at radius 1 is 0.960 bits per heavy atom. The van der Waals surface area contributed by atoms with Crippen molar-refractivity contribution in [2.45, 2.75) is 6.42 Å². The van der Waals surface area contributed by atoms with Gasteiger partial charge in [0.15, 0.2) is 5.78 Å². The van der Waals surface area contributed by atoms with Gasteiger partial charge in [-0.15, -0.1) is 0 Å². The van der Waals surface area contributed by atoms with Crippen LogP contribution in [0.4, 0.5) is 0 Å². The van der Waals surface area contributed by atoms with Gasteiger partial charge >= 0.3 is 0 Å². The van der Waals surface area contributed by atoms with Gasteiger partial charge in [-0.2, -0.15) is 0 Å². The first kappa shape index (κ1) is 17.6. The molecule has 0 saturated carbocycles. The van der Waals surface area contributed by atoms with Crippen LogP contribution in [0.3, 0.4) is 0 Å². The van der Waals surface area contributed by atoms with E-state index in [4.69, 9.17) is 0 Å². The van der Waals surface area contributed by atoms with Gasteiger partial charge in [-0.1, -0.05) is 66.7 Å². The van der Waals surface area contributed by atoms with Crippen LogP contribution >= 0.6 is 0 Å². The highest BCUT2D eigenvalue weighted by Gasteiger charge is 2.11. The molecule has 1 heterocycles. The highest BCUT2D eigenvalue weighted by molar-refractivity contribution is 5.97. The predicted molar refractivity (Wildman–Crippen MR) is 104 cm³/mol. The Morgan fingerprint density at radius 3 is 2.32 bits per heavy atom. The van der Waals surface area contributed by atoms with Gasteiger partial charge in [0.25, 0.3) is 0 Å². The molecule has 2 aromatic carbocycles. The summed E-state index contributed by atoms with van der Waals surface area (Å²) in [5, 5.41) is 0. The quantitative estimate of drug-likeness (QED) is 0.757. The minimum absolute atomic E-state index is 0.166. The topological polar surface area (TPSA) is 23.6 Å². The zero-order chi connectivity index (χ0) is 17.5. The maximum atomic E-state index is 12.3. The van der Waals surface area contributed by atoms with Crippen molar-refractivity contribution >= 4 is 11.9 Å². The van der Waals surface area contributed by atoms with Gasteiger partial charge in [-0.05, 0) is 18.2 Å². The summed E-state index contributed by atoms with van der Waals surface area (Å²) < 4.78 is 0. The summed E-state index contributed by atoms with van der Waals surface area (Å²) in [6, 6.07) is 17.8. The van der Waals surface area contributed by atoms with Crippen molar-refractivity contribution in [3.8, 4) is 0 Å². The fourth-order valence-electron chi connectivity index (χ4n) is 3.03. The molecule has 25 heavy (non-hydrogen) atoms. The van der Waals surface area contributed by atoms with Crippen LogP contribution in [0.5, 0.6) is 0 Å². The number of nitrogens with zero attached hydrogens (tertiary/aromatic N) is 2. The molecule has 0 amide bonds. The third-order valence-corrected chi connectivity index (χ3v) is 4.71. The lowest BCUT2D eigenvalue weighted by molar-refractivity contribution is 0.0993. The molecule has 3 heteroatoms. The van der Waals surface area contributed by atoms with Gasteiger partial charge < -0.3 is 4.90 Å². The van der Waals surface area contributed by atoms with E-state index >= 15 is 0 Å². The van der Waals surface area contributed by atoms with E-state index in [1.54, 1.807) is 0 Å². The molecule has 0 spiro atoms. The zero-order valence-electron chi connectivity index (χ0n) is 14.9. The molecule has 0 aromatic heterocycles. The van der Waals surface area contributed by atoms with Crippen LogP contribution in [-0.2, 0) is 6.42 Å². The van der Waals surface area contributed by atoms with Crippen LogP contribution in [0.15, 0.2) is 60.7 Å². The third kappa shape index (κ3) is 5.38. The van der Waals surface area contributed by atoms with Gasteiger partial charge in [-0.25, -0.2) is 0 Å². The highest BCUT2D eigenvalue weighted by Crippen LogP contribution is 2.11. The normalized spacial score (nSPS) is 16.4. The Labute approximate surface area is 150 Å². The standard InChI is InChI=1S/C22H26N2O/c1-23-14-16-24(17-15-23)13-5-8-19-9-11-21(12-10-19)22(25)18-20-6-3-2-4-7-20/h2-12H,13-18H2,1H3/b8-5+. The zero-order valence-corrected chi connectivity index (χ0v) is 14.9. The van der Waals surface area contributed by atoms with Crippen LogP contribution in [0.2, 0.25) is 0 Å². The van der Waals surface area contributed by atoms with Crippen molar-refractivity contribution in [1.29, 1.82) is 0 Å². The molecule has 0 radical (unpaired) electrons. The van der Waals surface area contributed by atoms with Crippen LogP contribution in [0.1, 0.15) is 21.5 Å². The number of carbonyl (C=O) groups is 1. The molecule has 3 nitrogen and oxygen atoms in total.